The third kappa shape index (κ3) is 3.35. The van der Waals surface area contributed by atoms with Crippen LogP contribution >= 0.6 is 11.6 Å². The van der Waals surface area contributed by atoms with Crippen molar-refractivity contribution in [1.82, 2.24) is 4.98 Å². The van der Waals surface area contributed by atoms with Crippen LogP contribution in [0.25, 0.3) is 12.2 Å². The van der Waals surface area contributed by atoms with Crippen LogP contribution in [0.3, 0.4) is 0 Å². The normalized spacial score (nSPS) is 12.0. The molecule has 1 rings (SSSR count). The summed E-state index contributed by atoms with van der Waals surface area (Å²) in [6.07, 6.45) is 7.15. The average Bonchev–Trinajstić information content (AvgIpc) is 2.22. The van der Waals surface area contributed by atoms with Gasteiger partial charge in [-0.1, -0.05) is 44.2 Å². The van der Waals surface area contributed by atoms with E-state index in [-0.39, 0.29) is 0 Å². The zero-order valence-electron chi connectivity index (χ0n) is 8.92. The Labute approximate surface area is 90.4 Å². The molecule has 76 valence electrons. The molecule has 0 bridgehead atoms. The molecule has 0 amide bonds. The van der Waals surface area contributed by atoms with Crippen molar-refractivity contribution in [3.05, 3.63) is 40.5 Å². The summed E-state index contributed by atoms with van der Waals surface area (Å²) in [5, 5.41) is 2.54. The third-order valence-electron chi connectivity index (χ3n) is 1.53. The van der Waals surface area contributed by atoms with Crippen molar-refractivity contribution in [2.75, 3.05) is 0 Å². The van der Waals surface area contributed by atoms with E-state index in [1.807, 2.05) is 32.9 Å². The first kappa shape index (κ1) is 12.9. The Morgan fingerprint density at radius 2 is 2.07 bits per heavy atom. The molecule has 14 heavy (non-hydrogen) atoms. The molecular formula is C12H16ClN. The molecule has 0 N–H and O–H groups in total. The lowest BCUT2D eigenvalue weighted by molar-refractivity contribution is 1.22. The van der Waals surface area contributed by atoms with Gasteiger partial charge in [-0.05, 0) is 19.1 Å². The van der Waals surface area contributed by atoms with Gasteiger partial charge in [-0.15, -0.1) is 0 Å². The largest absolute Gasteiger partial charge is 0.256 e. The fourth-order valence-corrected chi connectivity index (χ4v) is 1.26. The molecule has 0 atom stereocenters. The molecule has 0 aliphatic rings. The lowest BCUT2D eigenvalue weighted by atomic mass is 10.3. The number of pyridine rings is 1. The van der Waals surface area contributed by atoms with Gasteiger partial charge in [0.15, 0.2) is 0 Å². The van der Waals surface area contributed by atoms with E-state index in [4.69, 9.17) is 11.6 Å². The first-order valence-electron chi connectivity index (χ1n) is 4.69. The van der Waals surface area contributed by atoms with E-state index in [1.54, 1.807) is 18.3 Å². The van der Waals surface area contributed by atoms with E-state index in [2.05, 4.69) is 11.6 Å². The Hall–Kier alpha value is -1.08. The maximum absolute atomic E-state index is 5.94. The minimum atomic E-state index is 0.723. The summed E-state index contributed by atoms with van der Waals surface area (Å²) in [6.45, 7) is 9.54. The molecular weight excluding hydrogens is 194 g/mol. The Balaban J connectivity index is 0.000000791. The second-order valence-electron chi connectivity index (χ2n) is 2.28. The van der Waals surface area contributed by atoms with E-state index < -0.39 is 0 Å². The predicted molar refractivity (Wildman–Crippen MR) is 64.6 cm³/mol. The summed E-state index contributed by atoms with van der Waals surface area (Å²) in [6, 6.07) is 1.78. The molecule has 2 heteroatoms. The highest BCUT2D eigenvalue weighted by Crippen LogP contribution is 1.94. The average molecular weight is 210 g/mol. The number of nitrogens with zero attached hydrogens (tertiary/aromatic N) is 1. The Kier molecular flexibility index (Phi) is 6.77. The minimum absolute atomic E-state index is 0.723. The Morgan fingerprint density at radius 1 is 1.43 bits per heavy atom. The molecule has 1 aromatic rings. The maximum atomic E-state index is 5.94. The van der Waals surface area contributed by atoms with Gasteiger partial charge in [-0.2, -0.15) is 0 Å². The molecule has 0 radical (unpaired) electrons. The molecule has 0 saturated carbocycles. The number of allylic oxidation sites excluding steroid dienone is 1. The van der Waals surface area contributed by atoms with Gasteiger partial charge in [0.05, 0.1) is 10.4 Å². The van der Waals surface area contributed by atoms with Crippen LogP contribution in [0.1, 0.15) is 20.8 Å². The Bertz CT molecular complexity index is 393. The lowest BCUT2D eigenvalue weighted by Gasteiger charge is -1.91. The molecule has 0 saturated heterocycles. The van der Waals surface area contributed by atoms with Crippen molar-refractivity contribution in [2.45, 2.75) is 20.8 Å². The van der Waals surface area contributed by atoms with E-state index in [1.165, 1.54) is 0 Å². The molecule has 1 aromatic heterocycles. The number of hydrogen-bond acceptors (Lipinski definition) is 1. The molecule has 0 fully saturated rings. The Morgan fingerprint density at radius 3 is 2.57 bits per heavy atom. The third-order valence-corrected chi connectivity index (χ3v) is 1.86. The van der Waals surface area contributed by atoms with Gasteiger partial charge in [0.2, 0.25) is 0 Å². The molecule has 0 unspecified atom stereocenters. The van der Waals surface area contributed by atoms with Crippen LogP contribution in [0.2, 0.25) is 5.02 Å². The zero-order valence-corrected chi connectivity index (χ0v) is 9.67. The fourth-order valence-electron chi connectivity index (χ4n) is 0.995. The van der Waals surface area contributed by atoms with Gasteiger partial charge < -0.3 is 0 Å². The van der Waals surface area contributed by atoms with Crippen molar-refractivity contribution < 1.29 is 0 Å². The highest BCUT2D eigenvalue weighted by molar-refractivity contribution is 6.30. The highest BCUT2D eigenvalue weighted by Gasteiger charge is 1.90. The van der Waals surface area contributed by atoms with Crippen LogP contribution in [0.15, 0.2) is 24.9 Å². The fraction of sp³-hybridized carbons (Fsp3) is 0.250. The van der Waals surface area contributed by atoms with Crippen molar-refractivity contribution in [3.8, 4) is 0 Å². The minimum Gasteiger partial charge on any atom is -0.256 e. The van der Waals surface area contributed by atoms with E-state index >= 15 is 0 Å². The predicted octanol–water partition coefficient (Wildman–Crippen LogP) is 2.53. The SMILES string of the molecule is C=C/C=c1/nccc(Cl)/c1=C/C.CC. The van der Waals surface area contributed by atoms with Gasteiger partial charge in [-0.25, -0.2) is 0 Å². The van der Waals surface area contributed by atoms with Crippen LogP contribution in [0.4, 0.5) is 0 Å². The summed E-state index contributed by atoms with van der Waals surface area (Å²) in [7, 11) is 0. The van der Waals surface area contributed by atoms with Crippen LogP contribution in [0.5, 0.6) is 0 Å². The van der Waals surface area contributed by atoms with Crippen LogP contribution in [0, 0.1) is 0 Å². The summed E-state index contributed by atoms with van der Waals surface area (Å²) in [5.41, 5.74) is 0. The summed E-state index contributed by atoms with van der Waals surface area (Å²) in [5.74, 6) is 0. The first-order chi connectivity index (χ1) is 6.79. The zero-order chi connectivity index (χ0) is 11.0. The van der Waals surface area contributed by atoms with Gasteiger partial charge >= 0.3 is 0 Å². The van der Waals surface area contributed by atoms with Crippen molar-refractivity contribution in [1.29, 1.82) is 0 Å². The number of hydrogen-bond donors (Lipinski definition) is 0. The van der Waals surface area contributed by atoms with E-state index in [0.29, 0.717) is 0 Å². The number of rotatable bonds is 1. The number of aromatic nitrogens is 1. The van der Waals surface area contributed by atoms with Crippen molar-refractivity contribution in [3.63, 3.8) is 0 Å². The van der Waals surface area contributed by atoms with Crippen LogP contribution < -0.4 is 10.6 Å². The standard InChI is InChI=1S/C10H10ClN.C2H6/c1-3-5-10-8(4-2)9(11)6-7-12-10;1-2/h3-7H,1H2,2H3;1-2H3/b8-4-,10-5+;. The van der Waals surface area contributed by atoms with Gasteiger partial charge in [0.25, 0.3) is 0 Å². The number of halogens is 1. The summed E-state index contributed by atoms with van der Waals surface area (Å²) >= 11 is 5.94. The van der Waals surface area contributed by atoms with Gasteiger partial charge in [-0.3, -0.25) is 4.98 Å². The summed E-state index contributed by atoms with van der Waals surface area (Å²) in [4.78, 5) is 4.16. The smallest absolute Gasteiger partial charge is 0.0713 e. The topological polar surface area (TPSA) is 12.9 Å². The van der Waals surface area contributed by atoms with E-state index in [9.17, 15) is 0 Å². The second kappa shape index (κ2) is 7.34. The van der Waals surface area contributed by atoms with Gasteiger partial charge in [0, 0.05) is 11.4 Å². The first-order valence-corrected chi connectivity index (χ1v) is 5.07. The van der Waals surface area contributed by atoms with Crippen molar-refractivity contribution in [2.24, 2.45) is 0 Å². The molecule has 0 aliphatic carbocycles. The molecule has 0 spiro atoms. The van der Waals surface area contributed by atoms with E-state index in [0.717, 1.165) is 15.6 Å². The second-order valence-corrected chi connectivity index (χ2v) is 2.69. The molecule has 1 nitrogen and oxygen atoms in total. The van der Waals surface area contributed by atoms with Crippen LogP contribution in [-0.2, 0) is 0 Å². The lowest BCUT2D eigenvalue weighted by Crippen LogP contribution is -2.28. The van der Waals surface area contributed by atoms with Crippen LogP contribution in [-0.4, -0.2) is 4.98 Å². The quantitative estimate of drug-likeness (QED) is 0.693. The highest BCUT2D eigenvalue weighted by atomic mass is 35.5. The molecule has 0 aromatic carbocycles. The monoisotopic (exact) mass is 209 g/mol. The maximum Gasteiger partial charge on any atom is 0.0713 e. The van der Waals surface area contributed by atoms with Crippen molar-refractivity contribution >= 4 is 23.8 Å². The van der Waals surface area contributed by atoms with Gasteiger partial charge in [0.1, 0.15) is 0 Å². The molecule has 0 aliphatic heterocycles. The summed E-state index contributed by atoms with van der Waals surface area (Å²) < 4.78 is 0. The molecule has 1 heterocycles.